The standard InChI is InChI=1S/C16H22N2O3.CH2O2/c19-16-14-9-18(7-12(14)10-20-16)8-13-6-15(17-21-13)11-4-2-1-3-5-11;2-1-3/h6,11-12,14H,1-5,7-10H2;1H,(H,2,3)/t12-,14-;/m1./s1. The first-order chi connectivity index (χ1) is 11.7. The molecular formula is C17H24N2O5. The molecule has 7 heteroatoms. The van der Waals surface area contributed by atoms with Crippen molar-refractivity contribution in [2.75, 3.05) is 19.7 Å². The summed E-state index contributed by atoms with van der Waals surface area (Å²) in [4.78, 5) is 22.2. The van der Waals surface area contributed by atoms with Crippen molar-refractivity contribution in [3.8, 4) is 0 Å². The summed E-state index contributed by atoms with van der Waals surface area (Å²) in [6.45, 7) is 2.82. The van der Waals surface area contributed by atoms with Gasteiger partial charge in [0.05, 0.1) is 24.8 Å². The minimum atomic E-state index is -0.250. The number of carbonyl (C=O) groups excluding carboxylic acids is 1. The number of esters is 1. The third kappa shape index (κ3) is 3.77. The van der Waals surface area contributed by atoms with Gasteiger partial charge < -0.3 is 14.4 Å². The van der Waals surface area contributed by atoms with Gasteiger partial charge in [-0.25, -0.2) is 0 Å². The molecule has 2 aliphatic heterocycles. The van der Waals surface area contributed by atoms with E-state index in [9.17, 15) is 4.79 Å². The predicted molar refractivity (Wildman–Crippen MR) is 84.2 cm³/mol. The van der Waals surface area contributed by atoms with Crippen LogP contribution in [-0.4, -0.2) is 47.3 Å². The molecule has 4 rings (SSSR count). The number of likely N-dealkylation sites (tertiary alicyclic amines) is 1. The second-order valence-electron chi connectivity index (χ2n) is 6.85. The van der Waals surface area contributed by atoms with Crippen molar-refractivity contribution in [1.82, 2.24) is 10.1 Å². The lowest BCUT2D eigenvalue weighted by Crippen LogP contribution is -2.23. The van der Waals surface area contributed by atoms with E-state index in [1.54, 1.807) is 0 Å². The molecule has 0 bridgehead atoms. The summed E-state index contributed by atoms with van der Waals surface area (Å²) >= 11 is 0. The molecule has 0 unspecified atom stereocenters. The highest BCUT2D eigenvalue weighted by Crippen LogP contribution is 2.34. The minimum Gasteiger partial charge on any atom is -0.483 e. The normalized spacial score (nSPS) is 27.2. The maximum atomic E-state index is 11.6. The van der Waals surface area contributed by atoms with Gasteiger partial charge >= 0.3 is 5.97 Å². The topological polar surface area (TPSA) is 92.9 Å². The van der Waals surface area contributed by atoms with Crippen LogP contribution in [0.25, 0.3) is 0 Å². The fraction of sp³-hybridized carbons (Fsp3) is 0.706. The number of aromatic nitrogens is 1. The van der Waals surface area contributed by atoms with Crippen molar-refractivity contribution in [2.45, 2.75) is 44.6 Å². The first-order valence-electron chi connectivity index (χ1n) is 8.63. The molecule has 3 heterocycles. The zero-order valence-corrected chi connectivity index (χ0v) is 13.7. The maximum Gasteiger partial charge on any atom is 0.310 e. The highest BCUT2D eigenvalue weighted by Gasteiger charge is 2.44. The SMILES string of the molecule is O=C1OC[C@H]2CN(Cc3cc(C4CCCCC4)no3)C[C@@H]12.O=CO. The Bertz CT molecular complexity index is 567. The van der Waals surface area contributed by atoms with E-state index in [0.717, 1.165) is 31.1 Å². The van der Waals surface area contributed by atoms with Crippen molar-refractivity contribution in [1.29, 1.82) is 0 Å². The molecule has 132 valence electrons. The third-order valence-electron chi connectivity index (χ3n) is 5.24. The van der Waals surface area contributed by atoms with Gasteiger partial charge in [-0.3, -0.25) is 14.5 Å². The number of hydrogen-bond acceptors (Lipinski definition) is 6. The molecule has 1 saturated carbocycles. The van der Waals surface area contributed by atoms with Gasteiger partial charge in [0.2, 0.25) is 0 Å². The van der Waals surface area contributed by atoms with Crippen LogP contribution in [0.1, 0.15) is 49.5 Å². The fourth-order valence-electron chi connectivity index (χ4n) is 4.04. The number of nitrogens with zero attached hydrogens (tertiary/aromatic N) is 2. The highest BCUT2D eigenvalue weighted by molar-refractivity contribution is 5.75. The number of carbonyl (C=O) groups is 2. The molecule has 2 atom stereocenters. The van der Waals surface area contributed by atoms with Crippen LogP contribution in [0.5, 0.6) is 0 Å². The van der Waals surface area contributed by atoms with Crippen molar-refractivity contribution in [3.63, 3.8) is 0 Å². The molecule has 1 aliphatic carbocycles. The fourth-order valence-corrected chi connectivity index (χ4v) is 4.04. The highest BCUT2D eigenvalue weighted by atomic mass is 16.5. The van der Waals surface area contributed by atoms with Crippen molar-refractivity contribution >= 4 is 12.4 Å². The Morgan fingerprint density at radius 1 is 1.29 bits per heavy atom. The largest absolute Gasteiger partial charge is 0.483 e. The summed E-state index contributed by atoms with van der Waals surface area (Å²) in [5.74, 6) is 1.94. The van der Waals surface area contributed by atoms with E-state index in [1.807, 2.05) is 0 Å². The van der Waals surface area contributed by atoms with E-state index < -0.39 is 0 Å². The predicted octanol–water partition coefficient (Wildman–Crippen LogP) is 2.03. The molecule has 1 aromatic heterocycles. The molecule has 24 heavy (non-hydrogen) atoms. The first kappa shape index (κ1) is 17.0. The van der Waals surface area contributed by atoms with Crippen LogP contribution in [0.3, 0.4) is 0 Å². The smallest absolute Gasteiger partial charge is 0.310 e. The Kier molecular flexibility index (Phi) is 5.50. The van der Waals surface area contributed by atoms with Crippen LogP contribution < -0.4 is 0 Å². The van der Waals surface area contributed by atoms with Crippen molar-refractivity contribution in [2.24, 2.45) is 11.8 Å². The quantitative estimate of drug-likeness (QED) is 0.667. The first-order valence-corrected chi connectivity index (χ1v) is 8.63. The van der Waals surface area contributed by atoms with E-state index in [2.05, 4.69) is 16.1 Å². The molecule has 1 aromatic rings. The monoisotopic (exact) mass is 336 g/mol. The number of rotatable bonds is 3. The minimum absolute atomic E-state index is 0.0250. The van der Waals surface area contributed by atoms with E-state index in [1.165, 1.54) is 32.1 Å². The summed E-state index contributed by atoms with van der Waals surface area (Å²) in [5.41, 5.74) is 1.13. The zero-order chi connectivity index (χ0) is 16.9. The van der Waals surface area contributed by atoms with Gasteiger partial charge in [-0.2, -0.15) is 0 Å². The van der Waals surface area contributed by atoms with Gasteiger partial charge in [-0.05, 0) is 12.8 Å². The lowest BCUT2D eigenvalue weighted by atomic mass is 9.87. The molecule has 0 aromatic carbocycles. The molecule has 0 radical (unpaired) electrons. The molecule has 0 amide bonds. The van der Waals surface area contributed by atoms with Crippen LogP contribution in [-0.2, 0) is 20.9 Å². The summed E-state index contributed by atoms with van der Waals surface area (Å²) < 4.78 is 10.6. The molecule has 7 nitrogen and oxygen atoms in total. The summed E-state index contributed by atoms with van der Waals surface area (Å²) in [5, 5.41) is 11.2. The van der Waals surface area contributed by atoms with Crippen LogP contribution >= 0.6 is 0 Å². The van der Waals surface area contributed by atoms with E-state index in [4.69, 9.17) is 19.2 Å². The third-order valence-corrected chi connectivity index (χ3v) is 5.24. The Morgan fingerprint density at radius 2 is 2.04 bits per heavy atom. The molecule has 3 fully saturated rings. The van der Waals surface area contributed by atoms with Crippen LogP contribution in [0, 0.1) is 11.8 Å². The Morgan fingerprint density at radius 3 is 2.75 bits per heavy atom. The Balaban J connectivity index is 0.000000526. The Hall–Kier alpha value is -1.89. The molecule has 1 N–H and O–H groups in total. The van der Waals surface area contributed by atoms with E-state index >= 15 is 0 Å². The molecule has 2 saturated heterocycles. The second-order valence-corrected chi connectivity index (χ2v) is 6.85. The van der Waals surface area contributed by atoms with Gasteiger partial charge in [0.15, 0.2) is 5.76 Å². The Labute approximate surface area is 140 Å². The van der Waals surface area contributed by atoms with Crippen molar-refractivity contribution in [3.05, 3.63) is 17.5 Å². The molecule has 3 aliphatic rings. The number of cyclic esters (lactones) is 1. The van der Waals surface area contributed by atoms with Crippen LogP contribution in [0.4, 0.5) is 0 Å². The molecular weight excluding hydrogens is 312 g/mol. The average Bonchev–Trinajstić information content (AvgIpc) is 3.28. The summed E-state index contributed by atoms with van der Waals surface area (Å²) in [6.07, 6.45) is 6.46. The summed E-state index contributed by atoms with van der Waals surface area (Å²) in [6, 6.07) is 2.13. The van der Waals surface area contributed by atoms with Crippen LogP contribution in [0.2, 0.25) is 0 Å². The maximum absolute atomic E-state index is 11.6. The summed E-state index contributed by atoms with van der Waals surface area (Å²) in [7, 11) is 0. The van der Waals surface area contributed by atoms with Gasteiger partial charge in [-0.1, -0.05) is 24.4 Å². The van der Waals surface area contributed by atoms with Gasteiger partial charge in [0, 0.05) is 31.0 Å². The van der Waals surface area contributed by atoms with Gasteiger partial charge in [0.1, 0.15) is 0 Å². The van der Waals surface area contributed by atoms with Gasteiger partial charge in [0.25, 0.3) is 6.47 Å². The van der Waals surface area contributed by atoms with Crippen molar-refractivity contribution < 1.29 is 24.0 Å². The second kappa shape index (κ2) is 7.79. The van der Waals surface area contributed by atoms with E-state index in [-0.39, 0.29) is 18.4 Å². The molecule has 0 spiro atoms. The van der Waals surface area contributed by atoms with Crippen LogP contribution in [0.15, 0.2) is 10.6 Å². The number of carboxylic acid groups (broad SMARTS) is 1. The zero-order valence-electron chi connectivity index (χ0n) is 13.7. The number of ether oxygens (including phenoxy) is 1. The van der Waals surface area contributed by atoms with E-state index in [0.29, 0.717) is 18.4 Å². The lowest BCUT2D eigenvalue weighted by molar-refractivity contribution is -0.141. The number of fused-ring (bicyclic) bond motifs is 1. The number of hydrogen-bond donors (Lipinski definition) is 1. The average molecular weight is 336 g/mol. The van der Waals surface area contributed by atoms with Gasteiger partial charge in [-0.15, -0.1) is 0 Å². The lowest BCUT2D eigenvalue weighted by Gasteiger charge is -2.18.